The molecule has 1 unspecified atom stereocenters. The maximum Gasteiger partial charge on any atom is 0.472 e. The highest BCUT2D eigenvalue weighted by Gasteiger charge is 2.28. The van der Waals surface area contributed by atoms with Crippen LogP contribution in [0.3, 0.4) is 0 Å². The zero-order valence-corrected chi connectivity index (χ0v) is 51.1. The van der Waals surface area contributed by atoms with Gasteiger partial charge in [-0.2, -0.15) is 0 Å². The maximum absolute atomic E-state index is 13.0. The Labute approximate surface area is 457 Å². The van der Waals surface area contributed by atoms with Gasteiger partial charge in [0.25, 0.3) is 0 Å². The standard InChI is InChI=1S/C64H131N2O6P/c1-6-8-10-12-14-16-18-20-22-24-25-26-27-28-29-30-31-32-33-34-35-36-37-38-39-40-42-44-46-48-50-52-54-56-58-64(68)65-62(61-72-73(69,70)71-60-59-66(3,4)5)63(67)57-55-53-51-49-47-45-43-41-23-21-19-17-15-13-11-9-7-2/h62-63,67H,6-61H2,1-5H3,(H-,65,68,69,70)/p+1/t62-,63+/m0/s1. The van der Waals surface area contributed by atoms with Crippen molar-refractivity contribution in [2.24, 2.45) is 0 Å². The van der Waals surface area contributed by atoms with Crippen LogP contribution in [-0.4, -0.2) is 73.4 Å². The lowest BCUT2D eigenvalue weighted by atomic mass is 10.0. The fraction of sp³-hybridized carbons (Fsp3) is 0.984. The molecule has 1 amide bonds. The SMILES string of the molecule is CCCCCCCCCCCCCCCCCCCCCCCCCCCCCCCCCCCCC(=O)N[C@@H](COP(=O)(O)OCC[N+](C)(C)C)[C@H](O)CCCCCCCCCCCCCCCCCCC. The summed E-state index contributed by atoms with van der Waals surface area (Å²) in [6.45, 7) is 4.95. The van der Waals surface area contributed by atoms with E-state index in [1.807, 2.05) is 21.1 Å². The van der Waals surface area contributed by atoms with Gasteiger partial charge in [-0.15, -0.1) is 0 Å². The summed E-state index contributed by atoms with van der Waals surface area (Å²) in [5.74, 6) is -0.135. The van der Waals surface area contributed by atoms with Gasteiger partial charge in [-0.25, -0.2) is 4.57 Å². The Morgan fingerprint density at radius 2 is 0.658 bits per heavy atom. The minimum absolute atomic E-state index is 0.0792. The number of rotatable bonds is 62. The Bertz CT molecular complexity index is 1150. The molecular weight excluding hydrogens is 924 g/mol. The molecule has 0 fully saturated rings. The van der Waals surface area contributed by atoms with Crippen LogP contribution in [0.2, 0.25) is 0 Å². The smallest absolute Gasteiger partial charge is 0.391 e. The summed E-state index contributed by atoms with van der Waals surface area (Å²) in [7, 11) is 1.64. The molecule has 0 aliphatic heterocycles. The molecule has 438 valence electrons. The molecule has 3 N–H and O–H groups in total. The zero-order valence-electron chi connectivity index (χ0n) is 50.2. The lowest BCUT2D eigenvalue weighted by Gasteiger charge is -2.26. The average molecular weight is 1060 g/mol. The molecule has 0 saturated carbocycles. The molecule has 0 spiro atoms. The quantitative estimate of drug-likeness (QED) is 0.0318. The van der Waals surface area contributed by atoms with E-state index >= 15 is 0 Å². The lowest BCUT2D eigenvalue weighted by Crippen LogP contribution is -2.46. The molecule has 0 saturated heterocycles. The lowest BCUT2D eigenvalue weighted by molar-refractivity contribution is -0.870. The summed E-state index contributed by atoms with van der Waals surface area (Å²) >= 11 is 0. The molecule has 0 aliphatic rings. The third kappa shape index (κ3) is 59.0. The second-order valence-corrected chi connectivity index (χ2v) is 25.7. The van der Waals surface area contributed by atoms with Gasteiger partial charge in [-0.3, -0.25) is 13.8 Å². The monoisotopic (exact) mass is 1060 g/mol. The number of nitrogens with one attached hydrogen (secondary N) is 1. The number of phosphoric acid groups is 1. The minimum atomic E-state index is -4.32. The molecule has 0 rings (SSSR count). The highest BCUT2D eigenvalue weighted by molar-refractivity contribution is 7.47. The summed E-state index contributed by atoms with van der Waals surface area (Å²) in [4.78, 5) is 23.4. The molecule has 73 heavy (non-hydrogen) atoms. The molecule has 0 aromatic carbocycles. The van der Waals surface area contributed by atoms with E-state index in [-0.39, 0.29) is 19.1 Å². The second kappa shape index (κ2) is 56.2. The molecule has 0 aromatic heterocycles. The van der Waals surface area contributed by atoms with Crippen LogP contribution in [0.1, 0.15) is 354 Å². The van der Waals surface area contributed by atoms with Crippen molar-refractivity contribution in [2.75, 3.05) is 40.9 Å². The van der Waals surface area contributed by atoms with Crippen molar-refractivity contribution in [1.82, 2.24) is 5.32 Å². The first-order chi connectivity index (χ1) is 35.5. The van der Waals surface area contributed by atoms with E-state index in [4.69, 9.17) is 9.05 Å². The Kier molecular flexibility index (Phi) is 55.8. The van der Waals surface area contributed by atoms with Crippen molar-refractivity contribution in [2.45, 2.75) is 366 Å². The van der Waals surface area contributed by atoms with Crippen molar-refractivity contribution >= 4 is 13.7 Å². The predicted molar refractivity (Wildman–Crippen MR) is 319 cm³/mol. The Morgan fingerprint density at radius 1 is 0.411 bits per heavy atom. The van der Waals surface area contributed by atoms with Gasteiger partial charge in [0.1, 0.15) is 13.2 Å². The van der Waals surface area contributed by atoms with E-state index in [2.05, 4.69) is 19.2 Å². The van der Waals surface area contributed by atoms with Crippen molar-refractivity contribution in [3.05, 3.63) is 0 Å². The van der Waals surface area contributed by atoms with E-state index < -0.39 is 20.0 Å². The fourth-order valence-electron chi connectivity index (χ4n) is 10.5. The fourth-order valence-corrected chi connectivity index (χ4v) is 11.2. The highest BCUT2D eigenvalue weighted by Crippen LogP contribution is 2.43. The molecule has 0 bridgehead atoms. The van der Waals surface area contributed by atoms with Gasteiger partial charge < -0.3 is 19.8 Å². The highest BCUT2D eigenvalue weighted by atomic mass is 31.2. The number of aliphatic hydroxyl groups is 1. The zero-order chi connectivity index (χ0) is 53.5. The van der Waals surface area contributed by atoms with Crippen LogP contribution in [0.25, 0.3) is 0 Å². The van der Waals surface area contributed by atoms with Gasteiger partial charge in [0, 0.05) is 6.42 Å². The number of aliphatic hydroxyl groups excluding tert-OH is 1. The third-order valence-electron chi connectivity index (χ3n) is 15.6. The van der Waals surface area contributed by atoms with E-state index in [1.165, 1.54) is 289 Å². The van der Waals surface area contributed by atoms with Crippen LogP contribution in [0, 0.1) is 0 Å². The van der Waals surface area contributed by atoms with Crippen LogP contribution in [0.5, 0.6) is 0 Å². The molecular formula is C64H132N2O6P+. The number of quaternary nitrogens is 1. The van der Waals surface area contributed by atoms with Crippen LogP contribution in [-0.2, 0) is 18.4 Å². The van der Waals surface area contributed by atoms with Crippen molar-refractivity contribution in [1.29, 1.82) is 0 Å². The topological polar surface area (TPSA) is 105 Å². The van der Waals surface area contributed by atoms with Crippen LogP contribution in [0.4, 0.5) is 0 Å². The number of unbranched alkanes of at least 4 members (excludes halogenated alkanes) is 49. The number of carbonyl (C=O) groups is 1. The van der Waals surface area contributed by atoms with Crippen molar-refractivity contribution in [3.63, 3.8) is 0 Å². The molecule has 9 heteroatoms. The van der Waals surface area contributed by atoms with Gasteiger partial charge in [-0.05, 0) is 12.8 Å². The Morgan fingerprint density at radius 3 is 0.918 bits per heavy atom. The number of phosphoric ester groups is 1. The minimum Gasteiger partial charge on any atom is -0.391 e. The number of hydrogen-bond acceptors (Lipinski definition) is 5. The van der Waals surface area contributed by atoms with Crippen LogP contribution in [0.15, 0.2) is 0 Å². The van der Waals surface area contributed by atoms with E-state index in [0.717, 1.165) is 38.5 Å². The first-order valence-electron chi connectivity index (χ1n) is 32.9. The van der Waals surface area contributed by atoms with Gasteiger partial charge in [0.2, 0.25) is 5.91 Å². The summed E-state index contributed by atoms with van der Waals surface area (Å²) in [6.07, 6.45) is 69.1. The second-order valence-electron chi connectivity index (χ2n) is 24.2. The number of amides is 1. The van der Waals surface area contributed by atoms with E-state index in [1.54, 1.807) is 0 Å². The molecule has 0 heterocycles. The Hall–Kier alpha value is -0.500. The average Bonchev–Trinajstić information content (AvgIpc) is 3.35. The van der Waals surface area contributed by atoms with E-state index in [9.17, 15) is 19.4 Å². The van der Waals surface area contributed by atoms with Gasteiger partial charge in [0.15, 0.2) is 0 Å². The van der Waals surface area contributed by atoms with Crippen LogP contribution < -0.4 is 5.32 Å². The van der Waals surface area contributed by atoms with Gasteiger partial charge in [0.05, 0.1) is 39.9 Å². The Balaban J connectivity index is 3.92. The summed E-state index contributed by atoms with van der Waals surface area (Å²) < 4.78 is 23.8. The molecule has 0 radical (unpaired) electrons. The summed E-state index contributed by atoms with van der Waals surface area (Å²) in [5.41, 5.74) is 0. The largest absolute Gasteiger partial charge is 0.472 e. The maximum atomic E-state index is 13.0. The van der Waals surface area contributed by atoms with E-state index in [0.29, 0.717) is 23.9 Å². The number of nitrogens with zero attached hydrogens (tertiary/aromatic N) is 1. The predicted octanol–water partition coefficient (Wildman–Crippen LogP) is 20.4. The van der Waals surface area contributed by atoms with Gasteiger partial charge >= 0.3 is 7.82 Å². The first-order valence-corrected chi connectivity index (χ1v) is 34.4. The summed E-state index contributed by atoms with van der Waals surface area (Å²) in [5, 5.41) is 14.1. The molecule has 3 atom stereocenters. The molecule has 0 aromatic rings. The molecule has 0 aliphatic carbocycles. The number of likely N-dealkylation sites (N-methyl/N-ethyl adjacent to an activating group) is 1. The van der Waals surface area contributed by atoms with Crippen molar-refractivity contribution < 1.29 is 32.9 Å². The third-order valence-corrected chi connectivity index (χ3v) is 16.6. The normalized spacial score (nSPS) is 13.7. The van der Waals surface area contributed by atoms with Crippen LogP contribution >= 0.6 is 7.82 Å². The molecule has 8 nitrogen and oxygen atoms in total. The number of hydrogen-bond donors (Lipinski definition) is 3. The first kappa shape index (κ1) is 72.5. The van der Waals surface area contributed by atoms with Gasteiger partial charge in [-0.1, -0.05) is 335 Å². The summed E-state index contributed by atoms with van der Waals surface area (Å²) in [6, 6.07) is -0.755. The van der Waals surface area contributed by atoms with Crippen molar-refractivity contribution in [3.8, 4) is 0 Å². The number of carbonyl (C=O) groups excluding carboxylic acids is 1.